The number of benzene rings is 1. The van der Waals surface area contributed by atoms with Crippen molar-refractivity contribution >= 4 is 17.4 Å². The van der Waals surface area contributed by atoms with Gasteiger partial charge in [0, 0.05) is 24.7 Å². The topological polar surface area (TPSA) is 97.9 Å². The Bertz CT molecular complexity index is 895. The van der Waals surface area contributed by atoms with Crippen molar-refractivity contribution < 1.29 is 4.79 Å². The van der Waals surface area contributed by atoms with Crippen molar-refractivity contribution in [2.45, 2.75) is 13.1 Å². The van der Waals surface area contributed by atoms with Crippen LogP contribution in [-0.2, 0) is 13.1 Å². The molecule has 0 saturated carbocycles. The van der Waals surface area contributed by atoms with Crippen molar-refractivity contribution in [2.24, 2.45) is 0 Å². The van der Waals surface area contributed by atoms with Crippen molar-refractivity contribution in [1.82, 2.24) is 19.9 Å². The van der Waals surface area contributed by atoms with Gasteiger partial charge in [0.15, 0.2) is 5.82 Å². The Kier molecular flexibility index (Phi) is 3.91. The van der Waals surface area contributed by atoms with Gasteiger partial charge < -0.3 is 15.6 Å². The third-order valence-corrected chi connectivity index (χ3v) is 4.13. The van der Waals surface area contributed by atoms with Gasteiger partial charge in [-0.05, 0) is 12.1 Å². The number of carbonyl (C=O) groups excluding carboxylic acids is 1. The minimum Gasteiger partial charge on any atom is -0.396 e. The quantitative estimate of drug-likeness (QED) is 0.679. The molecule has 3 heterocycles. The Morgan fingerprint density at radius 2 is 2.00 bits per heavy atom. The van der Waals surface area contributed by atoms with E-state index in [0.717, 1.165) is 30.0 Å². The summed E-state index contributed by atoms with van der Waals surface area (Å²) in [4.78, 5) is 21.4. The number of nitrogens with zero attached hydrogens (tertiary/aromatic N) is 3. The highest BCUT2D eigenvalue weighted by Crippen LogP contribution is 2.23. The van der Waals surface area contributed by atoms with Gasteiger partial charge in [0.1, 0.15) is 11.5 Å². The van der Waals surface area contributed by atoms with E-state index in [1.807, 2.05) is 41.0 Å². The number of nitrogen functional groups attached to an aromatic ring is 1. The molecule has 1 amide bonds. The van der Waals surface area contributed by atoms with E-state index in [1.54, 1.807) is 12.3 Å². The highest BCUT2D eigenvalue weighted by Gasteiger charge is 2.18. The SMILES string of the molecule is Nc1ccc(-c2ccccc2)nc1NC(=O)c1cn2c(n1)CCNC2. The molecule has 4 N–H and O–H groups in total. The van der Waals surface area contributed by atoms with Crippen LogP contribution < -0.4 is 16.4 Å². The second-order valence-electron chi connectivity index (χ2n) is 5.87. The van der Waals surface area contributed by atoms with Crippen molar-refractivity contribution in [1.29, 1.82) is 0 Å². The van der Waals surface area contributed by atoms with Gasteiger partial charge >= 0.3 is 0 Å². The number of rotatable bonds is 3. The van der Waals surface area contributed by atoms with Crippen molar-refractivity contribution in [2.75, 3.05) is 17.6 Å². The second-order valence-corrected chi connectivity index (χ2v) is 5.87. The molecule has 7 heteroatoms. The fraction of sp³-hybridized carbons (Fsp3) is 0.167. The molecule has 1 aromatic carbocycles. The average Bonchev–Trinajstić information content (AvgIpc) is 3.08. The molecular formula is C18H18N6O. The first-order valence-electron chi connectivity index (χ1n) is 8.11. The van der Waals surface area contributed by atoms with Gasteiger partial charge in [0.25, 0.3) is 5.91 Å². The number of fused-ring (bicyclic) bond motifs is 1. The number of amides is 1. The van der Waals surface area contributed by atoms with Crippen LogP contribution in [-0.4, -0.2) is 27.0 Å². The summed E-state index contributed by atoms with van der Waals surface area (Å²) in [6.07, 6.45) is 2.55. The summed E-state index contributed by atoms with van der Waals surface area (Å²) in [5.41, 5.74) is 8.47. The first-order valence-corrected chi connectivity index (χ1v) is 8.11. The standard InChI is InChI=1S/C18H18N6O/c19-13-6-7-14(12-4-2-1-3-5-12)22-17(13)23-18(25)15-10-24-11-20-9-8-16(24)21-15/h1-7,10,20H,8-9,11,19H2,(H,22,23,25). The largest absolute Gasteiger partial charge is 0.396 e. The zero-order valence-electron chi connectivity index (χ0n) is 13.6. The van der Waals surface area contributed by atoms with Crippen LogP contribution in [0.3, 0.4) is 0 Å². The molecule has 0 fully saturated rings. The molecule has 0 bridgehead atoms. The van der Waals surface area contributed by atoms with Crippen LogP contribution in [0.15, 0.2) is 48.7 Å². The molecule has 25 heavy (non-hydrogen) atoms. The molecule has 0 radical (unpaired) electrons. The second kappa shape index (κ2) is 6.37. The molecule has 4 rings (SSSR count). The van der Waals surface area contributed by atoms with Crippen LogP contribution in [0.5, 0.6) is 0 Å². The van der Waals surface area contributed by atoms with Gasteiger partial charge in [-0.3, -0.25) is 10.1 Å². The monoisotopic (exact) mass is 334 g/mol. The molecule has 2 aromatic heterocycles. The highest BCUT2D eigenvalue weighted by atomic mass is 16.2. The van der Waals surface area contributed by atoms with E-state index in [2.05, 4.69) is 20.6 Å². The molecule has 0 aliphatic carbocycles. The normalized spacial score (nSPS) is 13.3. The molecular weight excluding hydrogens is 316 g/mol. The maximum atomic E-state index is 12.5. The van der Waals surface area contributed by atoms with E-state index >= 15 is 0 Å². The van der Waals surface area contributed by atoms with Gasteiger partial charge in [-0.15, -0.1) is 0 Å². The predicted molar refractivity (Wildman–Crippen MR) is 96.0 cm³/mol. The highest BCUT2D eigenvalue weighted by molar-refractivity contribution is 6.03. The smallest absolute Gasteiger partial charge is 0.277 e. The Balaban J connectivity index is 1.59. The van der Waals surface area contributed by atoms with Crippen LogP contribution in [0.4, 0.5) is 11.5 Å². The number of nitrogens with two attached hydrogens (primary N) is 1. The van der Waals surface area contributed by atoms with E-state index in [-0.39, 0.29) is 5.91 Å². The third-order valence-electron chi connectivity index (χ3n) is 4.13. The van der Waals surface area contributed by atoms with Gasteiger partial charge in [0.05, 0.1) is 18.1 Å². The Morgan fingerprint density at radius 3 is 2.80 bits per heavy atom. The maximum Gasteiger partial charge on any atom is 0.277 e. The molecule has 0 spiro atoms. The lowest BCUT2D eigenvalue weighted by atomic mass is 10.1. The molecule has 3 aromatic rings. The minimum absolute atomic E-state index is 0.314. The number of nitrogens with one attached hydrogen (secondary N) is 2. The summed E-state index contributed by atoms with van der Waals surface area (Å²) in [6.45, 7) is 1.53. The van der Waals surface area contributed by atoms with Gasteiger partial charge in [-0.1, -0.05) is 30.3 Å². The third kappa shape index (κ3) is 3.09. The van der Waals surface area contributed by atoms with E-state index in [1.165, 1.54) is 0 Å². The van der Waals surface area contributed by atoms with E-state index in [0.29, 0.717) is 23.9 Å². The average molecular weight is 334 g/mol. The fourth-order valence-electron chi connectivity index (χ4n) is 2.81. The lowest BCUT2D eigenvalue weighted by molar-refractivity contribution is 0.102. The maximum absolute atomic E-state index is 12.5. The molecule has 1 aliphatic heterocycles. The number of hydrogen-bond acceptors (Lipinski definition) is 5. The molecule has 0 atom stereocenters. The molecule has 0 saturated heterocycles. The Morgan fingerprint density at radius 1 is 1.16 bits per heavy atom. The van der Waals surface area contributed by atoms with Gasteiger partial charge in [0.2, 0.25) is 0 Å². The Labute approximate surface area is 144 Å². The summed E-state index contributed by atoms with van der Waals surface area (Å²) in [7, 11) is 0. The number of imidazole rings is 1. The van der Waals surface area contributed by atoms with E-state index in [4.69, 9.17) is 5.73 Å². The minimum atomic E-state index is -0.314. The first kappa shape index (κ1) is 15.3. The van der Waals surface area contributed by atoms with Crippen LogP contribution in [0.25, 0.3) is 11.3 Å². The predicted octanol–water partition coefficient (Wildman–Crippen LogP) is 1.88. The van der Waals surface area contributed by atoms with Crippen LogP contribution in [0.2, 0.25) is 0 Å². The first-order chi connectivity index (χ1) is 12.2. The summed E-state index contributed by atoms with van der Waals surface area (Å²) in [5, 5.41) is 6.01. The molecule has 7 nitrogen and oxygen atoms in total. The molecule has 126 valence electrons. The fourth-order valence-corrected chi connectivity index (χ4v) is 2.81. The number of pyridine rings is 1. The lowest BCUT2D eigenvalue weighted by Crippen LogP contribution is -2.28. The Hall–Kier alpha value is -3.19. The number of carbonyl (C=O) groups is 1. The van der Waals surface area contributed by atoms with Crippen molar-refractivity contribution in [3.63, 3.8) is 0 Å². The summed E-state index contributed by atoms with van der Waals surface area (Å²) < 4.78 is 1.94. The zero-order valence-corrected chi connectivity index (χ0v) is 13.6. The van der Waals surface area contributed by atoms with Crippen LogP contribution in [0, 0.1) is 0 Å². The number of hydrogen-bond donors (Lipinski definition) is 3. The summed E-state index contributed by atoms with van der Waals surface area (Å²) in [5.74, 6) is 0.935. The van der Waals surface area contributed by atoms with Crippen molar-refractivity contribution in [3.8, 4) is 11.3 Å². The summed E-state index contributed by atoms with van der Waals surface area (Å²) in [6, 6.07) is 13.3. The van der Waals surface area contributed by atoms with E-state index < -0.39 is 0 Å². The van der Waals surface area contributed by atoms with Crippen LogP contribution in [0.1, 0.15) is 16.3 Å². The number of anilines is 2. The number of aromatic nitrogens is 3. The van der Waals surface area contributed by atoms with Gasteiger partial charge in [-0.25, -0.2) is 9.97 Å². The lowest BCUT2D eigenvalue weighted by Gasteiger charge is -2.13. The van der Waals surface area contributed by atoms with Crippen LogP contribution >= 0.6 is 0 Å². The molecule has 1 aliphatic rings. The summed E-state index contributed by atoms with van der Waals surface area (Å²) >= 11 is 0. The molecule has 0 unspecified atom stereocenters. The van der Waals surface area contributed by atoms with Gasteiger partial charge in [-0.2, -0.15) is 0 Å². The van der Waals surface area contributed by atoms with E-state index in [9.17, 15) is 4.79 Å². The van der Waals surface area contributed by atoms with Crippen molar-refractivity contribution in [3.05, 3.63) is 60.2 Å². The zero-order chi connectivity index (χ0) is 17.2.